The Balaban J connectivity index is 1.72. The van der Waals surface area contributed by atoms with E-state index in [-0.39, 0.29) is 5.41 Å². The third-order valence-electron chi connectivity index (χ3n) is 4.27. The van der Waals surface area contributed by atoms with Crippen molar-refractivity contribution in [3.63, 3.8) is 0 Å². The van der Waals surface area contributed by atoms with E-state index in [1.807, 2.05) is 6.20 Å². The van der Waals surface area contributed by atoms with E-state index in [4.69, 9.17) is 5.73 Å². The van der Waals surface area contributed by atoms with Crippen LogP contribution in [0.4, 0.5) is 0 Å². The Labute approximate surface area is 111 Å². The van der Waals surface area contributed by atoms with Crippen LogP contribution in [-0.2, 0) is 5.41 Å². The molecule has 1 aromatic heterocycles. The topological polar surface area (TPSA) is 53.8 Å². The monoisotopic (exact) mass is 249 g/mol. The number of aromatic amines is 1. The summed E-state index contributed by atoms with van der Waals surface area (Å²) in [4.78, 5) is 3.14. The zero-order valence-electron chi connectivity index (χ0n) is 11.7. The van der Waals surface area contributed by atoms with Crippen LogP contribution < -0.4 is 11.1 Å². The van der Waals surface area contributed by atoms with E-state index in [9.17, 15) is 0 Å². The molecule has 3 heteroatoms. The maximum atomic E-state index is 5.94. The lowest BCUT2D eigenvalue weighted by Crippen LogP contribution is -2.37. The van der Waals surface area contributed by atoms with E-state index in [0.717, 1.165) is 19.0 Å². The van der Waals surface area contributed by atoms with Crippen LogP contribution in [0.15, 0.2) is 18.5 Å². The molecule has 3 nitrogen and oxygen atoms in total. The average Bonchev–Trinajstić information content (AvgIpc) is 2.86. The van der Waals surface area contributed by atoms with Gasteiger partial charge in [0.05, 0.1) is 0 Å². The highest BCUT2D eigenvalue weighted by Gasteiger charge is 2.22. The summed E-state index contributed by atoms with van der Waals surface area (Å²) in [7, 11) is 0. The average molecular weight is 249 g/mol. The van der Waals surface area contributed by atoms with Gasteiger partial charge in [-0.25, -0.2) is 0 Å². The van der Waals surface area contributed by atoms with E-state index < -0.39 is 0 Å². The number of nitrogens with one attached hydrogen (secondary N) is 2. The molecule has 0 radical (unpaired) electrons. The summed E-state index contributed by atoms with van der Waals surface area (Å²) in [5.74, 6) is 0.826. The van der Waals surface area contributed by atoms with Gasteiger partial charge in [0.25, 0.3) is 0 Å². The van der Waals surface area contributed by atoms with Gasteiger partial charge >= 0.3 is 0 Å². The van der Waals surface area contributed by atoms with Crippen molar-refractivity contribution in [1.82, 2.24) is 10.3 Å². The van der Waals surface area contributed by atoms with Crippen molar-refractivity contribution in [2.75, 3.05) is 13.1 Å². The van der Waals surface area contributed by atoms with Gasteiger partial charge in [-0.1, -0.05) is 13.8 Å². The third kappa shape index (κ3) is 3.59. The van der Waals surface area contributed by atoms with Gasteiger partial charge in [0.15, 0.2) is 0 Å². The summed E-state index contributed by atoms with van der Waals surface area (Å²) in [6, 6.07) is 2.62. The lowest BCUT2D eigenvalue weighted by molar-refractivity contribution is 0.306. The normalized spacial score (nSPS) is 25.3. The molecule has 1 aliphatic rings. The maximum Gasteiger partial charge on any atom is 0.00438 e. The first kappa shape index (κ1) is 13.6. The van der Waals surface area contributed by atoms with Crippen LogP contribution in [-0.4, -0.2) is 24.1 Å². The molecule has 102 valence electrons. The number of rotatable bonds is 5. The molecule has 1 aliphatic carbocycles. The molecule has 0 bridgehead atoms. The van der Waals surface area contributed by atoms with Crippen LogP contribution in [0, 0.1) is 5.92 Å². The van der Waals surface area contributed by atoms with Crippen LogP contribution in [0.1, 0.15) is 45.1 Å². The molecule has 4 N–H and O–H groups in total. The van der Waals surface area contributed by atoms with E-state index in [2.05, 4.69) is 36.4 Å². The lowest BCUT2D eigenvalue weighted by atomic mass is 9.84. The van der Waals surface area contributed by atoms with Crippen LogP contribution in [0.3, 0.4) is 0 Å². The van der Waals surface area contributed by atoms with Crippen LogP contribution in [0.25, 0.3) is 0 Å². The first-order valence-electron chi connectivity index (χ1n) is 7.17. The van der Waals surface area contributed by atoms with Crippen molar-refractivity contribution >= 4 is 0 Å². The maximum absolute atomic E-state index is 5.94. The lowest BCUT2D eigenvalue weighted by Gasteiger charge is -2.29. The minimum atomic E-state index is 0.199. The SMILES string of the molecule is CC(C)(CNCC1CCC(N)CC1)c1cc[nH]c1. The summed E-state index contributed by atoms with van der Waals surface area (Å²) >= 11 is 0. The van der Waals surface area contributed by atoms with Gasteiger partial charge in [0, 0.05) is 30.4 Å². The molecule has 0 saturated heterocycles. The Morgan fingerprint density at radius 3 is 2.67 bits per heavy atom. The first-order chi connectivity index (χ1) is 8.58. The fourth-order valence-corrected chi connectivity index (χ4v) is 2.83. The molecule has 2 rings (SSSR count). The molecule has 1 fully saturated rings. The van der Waals surface area contributed by atoms with Crippen LogP contribution in [0.2, 0.25) is 0 Å². The quantitative estimate of drug-likeness (QED) is 0.750. The van der Waals surface area contributed by atoms with Crippen molar-refractivity contribution in [2.45, 2.75) is 51.0 Å². The van der Waals surface area contributed by atoms with E-state index in [1.54, 1.807) is 0 Å². The number of hydrogen-bond acceptors (Lipinski definition) is 2. The highest BCUT2D eigenvalue weighted by molar-refractivity contribution is 5.20. The fraction of sp³-hybridized carbons (Fsp3) is 0.733. The van der Waals surface area contributed by atoms with Crippen molar-refractivity contribution in [3.05, 3.63) is 24.0 Å². The summed E-state index contributed by atoms with van der Waals surface area (Å²) in [5.41, 5.74) is 7.51. The van der Waals surface area contributed by atoms with Gasteiger partial charge in [-0.15, -0.1) is 0 Å². The molecule has 0 spiro atoms. The fourth-order valence-electron chi connectivity index (χ4n) is 2.83. The zero-order chi connectivity index (χ0) is 13.0. The Morgan fingerprint density at radius 1 is 1.33 bits per heavy atom. The van der Waals surface area contributed by atoms with E-state index in [1.165, 1.54) is 31.2 Å². The molecular formula is C15H27N3. The Kier molecular flexibility index (Phi) is 4.46. The smallest absolute Gasteiger partial charge is 0.00438 e. The largest absolute Gasteiger partial charge is 0.367 e. The minimum absolute atomic E-state index is 0.199. The van der Waals surface area contributed by atoms with Gasteiger partial charge in [0.2, 0.25) is 0 Å². The highest BCUT2D eigenvalue weighted by atomic mass is 14.9. The van der Waals surface area contributed by atoms with Gasteiger partial charge in [-0.05, 0) is 49.8 Å². The van der Waals surface area contributed by atoms with Gasteiger partial charge in [0.1, 0.15) is 0 Å². The molecule has 0 aliphatic heterocycles. The second kappa shape index (κ2) is 5.89. The van der Waals surface area contributed by atoms with Crippen molar-refractivity contribution in [2.24, 2.45) is 11.7 Å². The molecule has 1 heterocycles. The summed E-state index contributed by atoms with van der Waals surface area (Å²) in [5, 5.41) is 3.64. The van der Waals surface area contributed by atoms with Gasteiger partial charge in [-0.2, -0.15) is 0 Å². The number of hydrogen-bond donors (Lipinski definition) is 3. The van der Waals surface area contributed by atoms with Crippen molar-refractivity contribution in [3.8, 4) is 0 Å². The zero-order valence-corrected chi connectivity index (χ0v) is 11.7. The second-order valence-corrected chi connectivity index (χ2v) is 6.40. The van der Waals surface area contributed by atoms with Crippen LogP contribution >= 0.6 is 0 Å². The number of nitrogens with two attached hydrogens (primary N) is 1. The minimum Gasteiger partial charge on any atom is -0.367 e. The summed E-state index contributed by atoms with van der Waals surface area (Å²) in [6.45, 7) is 6.76. The number of aromatic nitrogens is 1. The predicted molar refractivity (Wildman–Crippen MR) is 76.6 cm³/mol. The third-order valence-corrected chi connectivity index (χ3v) is 4.27. The van der Waals surface area contributed by atoms with E-state index >= 15 is 0 Å². The molecule has 1 aromatic rings. The van der Waals surface area contributed by atoms with Crippen molar-refractivity contribution in [1.29, 1.82) is 0 Å². The molecule has 0 unspecified atom stereocenters. The Bertz CT molecular complexity index is 335. The molecular weight excluding hydrogens is 222 g/mol. The molecule has 0 aromatic carbocycles. The Morgan fingerprint density at radius 2 is 2.06 bits per heavy atom. The standard InChI is InChI=1S/C15H27N3/c1-15(2,13-7-8-17-10-13)11-18-9-12-3-5-14(16)6-4-12/h7-8,10,12,14,17-18H,3-6,9,11,16H2,1-2H3. The molecule has 0 amide bonds. The first-order valence-corrected chi connectivity index (χ1v) is 7.17. The molecule has 18 heavy (non-hydrogen) atoms. The van der Waals surface area contributed by atoms with Gasteiger partial charge in [-0.3, -0.25) is 0 Å². The second-order valence-electron chi connectivity index (χ2n) is 6.40. The Hall–Kier alpha value is -0.800. The molecule has 1 saturated carbocycles. The van der Waals surface area contributed by atoms with Gasteiger partial charge < -0.3 is 16.0 Å². The number of H-pyrrole nitrogens is 1. The summed E-state index contributed by atoms with van der Waals surface area (Å²) in [6.07, 6.45) is 9.08. The summed E-state index contributed by atoms with van der Waals surface area (Å²) < 4.78 is 0. The highest BCUT2D eigenvalue weighted by Crippen LogP contribution is 2.24. The molecule has 0 atom stereocenters. The predicted octanol–water partition coefficient (Wildman–Crippen LogP) is 2.40. The van der Waals surface area contributed by atoms with Crippen LogP contribution in [0.5, 0.6) is 0 Å². The van der Waals surface area contributed by atoms with Crippen molar-refractivity contribution < 1.29 is 0 Å². The van der Waals surface area contributed by atoms with E-state index in [0.29, 0.717) is 6.04 Å².